The standard InChI is InChI=1S/C17H14N2O4S/c1-23-14-5-3-2-4-11(14)18-17-19-16(22)15(24-17)9-10-6-7-12(20)13(21)8-10/h2-9,20-21H,1H3,(H,18,19,22). The summed E-state index contributed by atoms with van der Waals surface area (Å²) in [5.74, 6) is -0.114. The Balaban J connectivity index is 1.86. The zero-order chi connectivity index (χ0) is 17.1. The normalized spacial score (nSPS) is 17.3. The Morgan fingerprint density at radius 1 is 1.17 bits per heavy atom. The first kappa shape index (κ1) is 15.9. The molecule has 1 saturated heterocycles. The molecule has 1 amide bonds. The molecule has 0 bridgehead atoms. The molecule has 6 nitrogen and oxygen atoms in total. The molecule has 7 heteroatoms. The number of hydrogen-bond acceptors (Lipinski definition) is 6. The van der Waals surface area contributed by atoms with Gasteiger partial charge in [0.15, 0.2) is 16.7 Å². The first-order valence-electron chi connectivity index (χ1n) is 7.01. The number of amidine groups is 1. The molecule has 0 atom stereocenters. The van der Waals surface area contributed by atoms with Gasteiger partial charge in [-0.1, -0.05) is 18.2 Å². The van der Waals surface area contributed by atoms with Crippen molar-refractivity contribution in [3.05, 3.63) is 52.9 Å². The second-order valence-electron chi connectivity index (χ2n) is 4.90. The van der Waals surface area contributed by atoms with Crippen LogP contribution in [0.4, 0.5) is 5.69 Å². The van der Waals surface area contributed by atoms with Gasteiger partial charge >= 0.3 is 0 Å². The number of nitrogens with zero attached hydrogens (tertiary/aromatic N) is 1. The first-order valence-corrected chi connectivity index (χ1v) is 7.83. The van der Waals surface area contributed by atoms with Crippen molar-refractivity contribution in [2.75, 3.05) is 7.11 Å². The third-order valence-corrected chi connectivity index (χ3v) is 4.17. The van der Waals surface area contributed by atoms with Crippen LogP contribution in [-0.4, -0.2) is 28.4 Å². The summed E-state index contributed by atoms with van der Waals surface area (Å²) in [6.45, 7) is 0. The first-order chi connectivity index (χ1) is 11.6. The SMILES string of the molecule is COc1ccccc1N=C1NC(=O)C(=Cc2ccc(O)c(O)c2)S1. The van der Waals surface area contributed by atoms with Gasteiger partial charge in [-0.15, -0.1) is 0 Å². The smallest absolute Gasteiger partial charge is 0.264 e. The van der Waals surface area contributed by atoms with Crippen molar-refractivity contribution in [3.63, 3.8) is 0 Å². The average Bonchev–Trinajstić information content (AvgIpc) is 2.91. The highest BCUT2D eigenvalue weighted by Gasteiger charge is 2.24. The minimum Gasteiger partial charge on any atom is -0.504 e. The van der Waals surface area contributed by atoms with Crippen LogP contribution in [0.25, 0.3) is 6.08 Å². The molecule has 122 valence electrons. The van der Waals surface area contributed by atoms with Crippen LogP contribution in [0.3, 0.4) is 0 Å². The second-order valence-corrected chi connectivity index (χ2v) is 5.93. The fraction of sp³-hybridized carbons (Fsp3) is 0.0588. The van der Waals surface area contributed by atoms with Gasteiger partial charge in [0.05, 0.1) is 12.0 Å². The number of phenolic OH excluding ortho intramolecular Hbond substituents is 2. The Bertz CT molecular complexity index is 861. The van der Waals surface area contributed by atoms with E-state index in [1.54, 1.807) is 31.4 Å². The number of phenols is 2. The summed E-state index contributed by atoms with van der Waals surface area (Å²) in [4.78, 5) is 16.9. The Labute approximate surface area is 142 Å². The monoisotopic (exact) mass is 342 g/mol. The predicted molar refractivity (Wildman–Crippen MR) is 93.6 cm³/mol. The molecule has 0 spiro atoms. The van der Waals surface area contributed by atoms with Gasteiger partial charge in [-0.25, -0.2) is 4.99 Å². The maximum Gasteiger partial charge on any atom is 0.264 e. The number of para-hydroxylation sites is 2. The number of nitrogens with one attached hydrogen (secondary N) is 1. The van der Waals surface area contributed by atoms with Gasteiger partial charge in [0.25, 0.3) is 5.91 Å². The van der Waals surface area contributed by atoms with Crippen LogP contribution in [0.1, 0.15) is 5.56 Å². The minimum atomic E-state index is -0.277. The van der Waals surface area contributed by atoms with Crippen molar-refractivity contribution in [1.29, 1.82) is 0 Å². The molecule has 1 aliphatic heterocycles. The van der Waals surface area contributed by atoms with Crippen molar-refractivity contribution in [1.82, 2.24) is 5.32 Å². The quantitative estimate of drug-likeness (QED) is 0.589. The van der Waals surface area contributed by atoms with E-state index in [2.05, 4.69) is 10.3 Å². The van der Waals surface area contributed by atoms with Crippen molar-refractivity contribution >= 4 is 34.6 Å². The van der Waals surface area contributed by atoms with Crippen molar-refractivity contribution in [3.8, 4) is 17.2 Å². The average molecular weight is 342 g/mol. The molecule has 3 N–H and O–H groups in total. The van der Waals surface area contributed by atoms with E-state index in [0.717, 1.165) is 0 Å². The molecular formula is C17H14N2O4S. The highest BCUT2D eigenvalue weighted by molar-refractivity contribution is 8.18. The molecule has 0 saturated carbocycles. The van der Waals surface area contributed by atoms with E-state index in [1.807, 2.05) is 12.1 Å². The van der Waals surface area contributed by atoms with Gasteiger partial charge in [0, 0.05) is 0 Å². The van der Waals surface area contributed by atoms with Crippen LogP contribution in [0.2, 0.25) is 0 Å². The molecule has 2 aromatic carbocycles. The molecule has 1 fully saturated rings. The molecule has 0 aliphatic carbocycles. The number of carbonyl (C=O) groups excluding carboxylic acids is 1. The molecule has 0 aromatic heterocycles. The maximum absolute atomic E-state index is 12.1. The summed E-state index contributed by atoms with van der Waals surface area (Å²) in [7, 11) is 1.56. The van der Waals surface area contributed by atoms with E-state index in [-0.39, 0.29) is 17.4 Å². The number of aliphatic imine (C=N–C) groups is 1. The molecule has 2 aromatic rings. The number of carbonyl (C=O) groups is 1. The van der Waals surface area contributed by atoms with Crippen molar-refractivity contribution in [2.24, 2.45) is 4.99 Å². The summed E-state index contributed by atoms with van der Waals surface area (Å²) < 4.78 is 5.23. The number of amides is 1. The number of benzene rings is 2. The number of ether oxygens (including phenoxy) is 1. The molecular weight excluding hydrogens is 328 g/mol. The van der Waals surface area contributed by atoms with E-state index in [9.17, 15) is 15.0 Å². The summed E-state index contributed by atoms with van der Waals surface area (Å²) in [5.41, 5.74) is 1.22. The lowest BCUT2D eigenvalue weighted by Gasteiger charge is -2.03. The lowest BCUT2D eigenvalue weighted by molar-refractivity contribution is -0.115. The Morgan fingerprint density at radius 3 is 2.71 bits per heavy atom. The highest BCUT2D eigenvalue weighted by Crippen LogP contribution is 2.33. The largest absolute Gasteiger partial charge is 0.504 e. The predicted octanol–water partition coefficient (Wildman–Crippen LogP) is 3.00. The van der Waals surface area contributed by atoms with Crippen LogP contribution < -0.4 is 10.1 Å². The number of hydrogen-bond donors (Lipinski definition) is 3. The molecule has 0 radical (unpaired) electrons. The Hall–Kier alpha value is -2.93. The third-order valence-electron chi connectivity index (χ3n) is 3.26. The van der Waals surface area contributed by atoms with Gasteiger partial charge in [0.2, 0.25) is 0 Å². The molecule has 0 unspecified atom stereocenters. The summed E-state index contributed by atoms with van der Waals surface area (Å²) in [5, 5.41) is 22.0. The van der Waals surface area contributed by atoms with Gasteiger partial charge in [0.1, 0.15) is 11.4 Å². The topological polar surface area (TPSA) is 91.2 Å². The van der Waals surface area contributed by atoms with E-state index < -0.39 is 0 Å². The summed E-state index contributed by atoms with van der Waals surface area (Å²) in [6.07, 6.45) is 1.61. The fourth-order valence-corrected chi connectivity index (χ4v) is 2.93. The molecule has 24 heavy (non-hydrogen) atoms. The Morgan fingerprint density at radius 2 is 1.96 bits per heavy atom. The van der Waals surface area contributed by atoms with E-state index in [0.29, 0.717) is 27.1 Å². The van der Waals surface area contributed by atoms with Gasteiger partial charge in [-0.3, -0.25) is 4.79 Å². The number of rotatable bonds is 3. The Kier molecular flexibility index (Phi) is 4.43. The third kappa shape index (κ3) is 3.36. The maximum atomic E-state index is 12.1. The number of methoxy groups -OCH3 is 1. The van der Waals surface area contributed by atoms with Crippen LogP contribution in [0.15, 0.2) is 52.4 Å². The van der Waals surface area contributed by atoms with E-state index >= 15 is 0 Å². The zero-order valence-electron chi connectivity index (χ0n) is 12.7. The molecule has 1 heterocycles. The van der Waals surface area contributed by atoms with E-state index in [4.69, 9.17) is 4.74 Å². The lowest BCUT2D eigenvalue weighted by Crippen LogP contribution is -2.19. The fourth-order valence-electron chi connectivity index (χ4n) is 2.09. The summed E-state index contributed by atoms with van der Waals surface area (Å²) in [6, 6.07) is 11.6. The highest BCUT2D eigenvalue weighted by atomic mass is 32.2. The minimum absolute atomic E-state index is 0.209. The van der Waals surface area contributed by atoms with Crippen molar-refractivity contribution < 1.29 is 19.7 Å². The number of aromatic hydroxyl groups is 2. The van der Waals surface area contributed by atoms with Crippen LogP contribution in [-0.2, 0) is 4.79 Å². The number of thioether (sulfide) groups is 1. The lowest BCUT2D eigenvalue weighted by atomic mass is 10.2. The molecule has 3 rings (SSSR count). The van der Waals surface area contributed by atoms with Crippen LogP contribution in [0.5, 0.6) is 17.2 Å². The second kappa shape index (κ2) is 6.67. The zero-order valence-corrected chi connectivity index (χ0v) is 13.5. The van der Waals surface area contributed by atoms with Crippen LogP contribution >= 0.6 is 11.8 Å². The van der Waals surface area contributed by atoms with Gasteiger partial charge < -0.3 is 20.3 Å². The molecule has 1 aliphatic rings. The van der Waals surface area contributed by atoms with Crippen LogP contribution in [0, 0.1) is 0 Å². The van der Waals surface area contributed by atoms with Gasteiger partial charge in [-0.05, 0) is 47.7 Å². The van der Waals surface area contributed by atoms with Crippen molar-refractivity contribution in [2.45, 2.75) is 0 Å². The van der Waals surface area contributed by atoms with E-state index in [1.165, 1.54) is 23.9 Å². The van der Waals surface area contributed by atoms with Gasteiger partial charge in [-0.2, -0.15) is 0 Å². The summed E-state index contributed by atoms with van der Waals surface area (Å²) >= 11 is 1.19.